The third-order valence-corrected chi connectivity index (χ3v) is 2.95. The Bertz CT molecular complexity index is 766. The average Bonchev–Trinajstić information content (AvgIpc) is 2.53. The average molecular weight is 328 g/mol. The highest BCUT2D eigenvalue weighted by molar-refractivity contribution is 5.93. The van der Waals surface area contributed by atoms with E-state index in [9.17, 15) is 14.4 Å². The molecule has 2 aromatic carbocycles. The van der Waals surface area contributed by atoms with Crippen LogP contribution in [0, 0.1) is 0 Å². The second kappa shape index (κ2) is 7.92. The molecule has 24 heavy (non-hydrogen) atoms. The fraction of sp³-hybridized carbons (Fsp3) is 0.167. The number of carbonyl (C=O) groups excluding carboxylic acids is 3. The second-order valence-corrected chi connectivity index (χ2v) is 4.87. The van der Waals surface area contributed by atoms with E-state index in [4.69, 9.17) is 14.2 Å². The second-order valence-electron chi connectivity index (χ2n) is 4.87. The van der Waals surface area contributed by atoms with Gasteiger partial charge in [-0.2, -0.15) is 0 Å². The lowest BCUT2D eigenvalue weighted by molar-refractivity contribution is -0.132. The number of hydrogen-bond donors (Lipinski definition) is 0. The Morgan fingerprint density at radius 3 is 2.00 bits per heavy atom. The van der Waals surface area contributed by atoms with Crippen LogP contribution in [0.15, 0.2) is 48.5 Å². The third kappa shape index (κ3) is 4.67. The molecule has 0 spiro atoms. The normalized spacial score (nSPS) is 9.92. The fourth-order valence-electron chi connectivity index (χ4n) is 1.98. The highest BCUT2D eigenvalue weighted by atomic mass is 16.6. The van der Waals surface area contributed by atoms with Gasteiger partial charge in [0.2, 0.25) is 0 Å². The predicted molar refractivity (Wildman–Crippen MR) is 84.6 cm³/mol. The SMILES string of the molecule is CC(=O)Oc1ccccc1COC(=O)c1ccccc1OC(C)=O. The first-order chi connectivity index (χ1) is 11.5. The molecule has 0 atom stereocenters. The maximum Gasteiger partial charge on any atom is 0.342 e. The number of hydrogen-bond acceptors (Lipinski definition) is 6. The van der Waals surface area contributed by atoms with Crippen molar-refractivity contribution in [3.63, 3.8) is 0 Å². The Labute approximate surface area is 139 Å². The van der Waals surface area contributed by atoms with Gasteiger partial charge in [-0.1, -0.05) is 30.3 Å². The molecule has 0 heterocycles. The number of esters is 3. The molecule has 6 nitrogen and oxygen atoms in total. The van der Waals surface area contributed by atoms with E-state index in [0.717, 1.165) is 0 Å². The standard InChI is InChI=1S/C18H16O6/c1-12(19)23-16-9-5-3-7-14(16)11-22-18(21)15-8-4-6-10-17(15)24-13(2)20/h3-10H,11H2,1-2H3. The largest absolute Gasteiger partial charge is 0.457 e. The lowest BCUT2D eigenvalue weighted by Crippen LogP contribution is -2.11. The summed E-state index contributed by atoms with van der Waals surface area (Å²) in [6, 6.07) is 13.0. The maximum atomic E-state index is 12.2. The minimum atomic E-state index is -0.649. The zero-order chi connectivity index (χ0) is 17.5. The molecule has 124 valence electrons. The third-order valence-electron chi connectivity index (χ3n) is 2.95. The molecule has 2 aromatic rings. The minimum absolute atomic E-state index is 0.0866. The van der Waals surface area contributed by atoms with E-state index in [1.807, 2.05) is 0 Å². The van der Waals surface area contributed by atoms with Crippen LogP contribution in [-0.4, -0.2) is 17.9 Å². The van der Waals surface area contributed by atoms with Gasteiger partial charge in [0.15, 0.2) is 0 Å². The highest BCUT2D eigenvalue weighted by Gasteiger charge is 2.16. The monoisotopic (exact) mass is 328 g/mol. The molecular formula is C18H16O6. The Morgan fingerprint density at radius 1 is 0.792 bits per heavy atom. The van der Waals surface area contributed by atoms with Crippen LogP contribution in [-0.2, 0) is 20.9 Å². The number of para-hydroxylation sites is 2. The van der Waals surface area contributed by atoms with Gasteiger partial charge in [0.1, 0.15) is 23.7 Å². The molecule has 0 bridgehead atoms. The van der Waals surface area contributed by atoms with Crippen LogP contribution in [0.1, 0.15) is 29.8 Å². The summed E-state index contributed by atoms with van der Waals surface area (Å²) in [5.41, 5.74) is 0.684. The summed E-state index contributed by atoms with van der Waals surface area (Å²) >= 11 is 0. The van der Waals surface area contributed by atoms with Gasteiger partial charge < -0.3 is 14.2 Å². The first-order valence-corrected chi connectivity index (χ1v) is 7.18. The van der Waals surface area contributed by atoms with Gasteiger partial charge in [-0.05, 0) is 18.2 Å². The first kappa shape index (κ1) is 17.2. The molecule has 0 aliphatic rings. The van der Waals surface area contributed by atoms with Crippen LogP contribution in [0.2, 0.25) is 0 Å². The van der Waals surface area contributed by atoms with E-state index in [0.29, 0.717) is 11.3 Å². The minimum Gasteiger partial charge on any atom is -0.457 e. The number of carbonyl (C=O) groups is 3. The Balaban J connectivity index is 2.12. The van der Waals surface area contributed by atoms with Crippen molar-refractivity contribution in [3.8, 4) is 11.5 Å². The van der Waals surface area contributed by atoms with Crippen molar-refractivity contribution in [3.05, 3.63) is 59.7 Å². The van der Waals surface area contributed by atoms with Crippen LogP contribution in [0.3, 0.4) is 0 Å². The molecule has 0 aromatic heterocycles. The summed E-state index contributed by atoms with van der Waals surface area (Å²) in [4.78, 5) is 34.4. The van der Waals surface area contributed by atoms with Crippen molar-refractivity contribution in [1.82, 2.24) is 0 Å². The Kier molecular flexibility index (Phi) is 5.68. The molecule has 0 aliphatic heterocycles. The van der Waals surface area contributed by atoms with E-state index < -0.39 is 17.9 Å². The summed E-state index contributed by atoms with van der Waals surface area (Å²) in [5.74, 6) is -1.19. The molecule has 0 amide bonds. The fourth-order valence-corrected chi connectivity index (χ4v) is 1.98. The van der Waals surface area contributed by atoms with Gasteiger partial charge >= 0.3 is 17.9 Å². The van der Waals surface area contributed by atoms with Crippen LogP contribution >= 0.6 is 0 Å². The molecule has 0 unspecified atom stereocenters. The van der Waals surface area contributed by atoms with E-state index >= 15 is 0 Å². The van der Waals surface area contributed by atoms with E-state index in [2.05, 4.69) is 0 Å². The smallest absolute Gasteiger partial charge is 0.342 e. The molecule has 0 fully saturated rings. The molecule has 0 aliphatic carbocycles. The molecule has 0 saturated heterocycles. The molecule has 0 N–H and O–H groups in total. The summed E-state index contributed by atoms with van der Waals surface area (Å²) < 4.78 is 15.3. The summed E-state index contributed by atoms with van der Waals surface area (Å²) in [7, 11) is 0. The topological polar surface area (TPSA) is 78.9 Å². The van der Waals surface area contributed by atoms with Gasteiger partial charge in [-0.25, -0.2) is 4.79 Å². The summed E-state index contributed by atoms with van der Waals surface area (Å²) in [6.45, 7) is 2.45. The van der Waals surface area contributed by atoms with Gasteiger partial charge in [0.25, 0.3) is 0 Å². The lowest BCUT2D eigenvalue weighted by atomic mass is 10.2. The van der Waals surface area contributed by atoms with Crippen molar-refractivity contribution in [2.75, 3.05) is 0 Å². The van der Waals surface area contributed by atoms with E-state index in [1.54, 1.807) is 36.4 Å². The molecule has 2 rings (SSSR count). The van der Waals surface area contributed by atoms with Crippen molar-refractivity contribution in [2.45, 2.75) is 20.5 Å². The first-order valence-electron chi connectivity index (χ1n) is 7.18. The van der Waals surface area contributed by atoms with Gasteiger partial charge in [-0.3, -0.25) is 9.59 Å². The van der Waals surface area contributed by atoms with Crippen molar-refractivity contribution in [1.29, 1.82) is 0 Å². The van der Waals surface area contributed by atoms with Crippen LogP contribution in [0.25, 0.3) is 0 Å². The van der Waals surface area contributed by atoms with Crippen molar-refractivity contribution in [2.24, 2.45) is 0 Å². The highest BCUT2D eigenvalue weighted by Crippen LogP contribution is 2.22. The van der Waals surface area contributed by atoms with Crippen LogP contribution in [0.4, 0.5) is 0 Å². The Hall–Kier alpha value is -3.15. The van der Waals surface area contributed by atoms with Crippen LogP contribution < -0.4 is 9.47 Å². The predicted octanol–water partition coefficient (Wildman–Crippen LogP) is 2.89. The van der Waals surface area contributed by atoms with Gasteiger partial charge in [-0.15, -0.1) is 0 Å². The maximum absolute atomic E-state index is 12.2. The summed E-state index contributed by atoms with van der Waals surface area (Å²) in [5, 5.41) is 0. The molecule has 0 radical (unpaired) electrons. The van der Waals surface area contributed by atoms with Crippen LogP contribution in [0.5, 0.6) is 11.5 Å². The summed E-state index contributed by atoms with van der Waals surface area (Å²) in [6.07, 6.45) is 0. The number of ether oxygens (including phenoxy) is 3. The van der Waals surface area contributed by atoms with Crippen molar-refractivity contribution >= 4 is 17.9 Å². The van der Waals surface area contributed by atoms with Gasteiger partial charge in [0.05, 0.1) is 0 Å². The van der Waals surface area contributed by atoms with Gasteiger partial charge in [0, 0.05) is 19.4 Å². The number of benzene rings is 2. The zero-order valence-electron chi connectivity index (χ0n) is 13.3. The van der Waals surface area contributed by atoms with E-state index in [1.165, 1.54) is 26.0 Å². The number of rotatable bonds is 5. The zero-order valence-corrected chi connectivity index (χ0v) is 13.3. The lowest BCUT2D eigenvalue weighted by Gasteiger charge is -2.11. The molecule has 6 heteroatoms. The molecule has 0 saturated carbocycles. The molecular weight excluding hydrogens is 312 g/mol. The van der Waals surface area contributed by atoms with E-state index in [-0.39, 0.29) is 17.9 Å². The quantitative estimate of drug-likeness (QED) is 0.620. The Morgan fingerprint density at radius 2 is 1.33 bits per heavy atom. The van der Waals surface area contributed by atoms with Crippen molar-refractivity contribution < 1.29 is 28.6 Å².